The first-order valence-corrected chi connectivity index (χ1v) is 8.29. The highest BCUT2D eigenvalue weighted by Gasteiger charge is 2.44. The lowest BCUT2D eigenvalue weighted by molar-refractivity contribution is 0.0480. The van der Waals surface area contributed by atoms with Crippen molar-refractivity contribution >= 4 is 21.9 Å². The molecule has 112 valence electrons. The molecule has 0 radical (unpaired) electrons. The number of carbonyl (C=O) groups is 2. The Bertz CT molecular complexity index is 725. The molecule has 1 aromatic rings. The van der Waals surface area contributed by atoms with Crippen LogP contribution in [-0.4, -0.2) is 32.2 Å². The number of rotatable bonds is 3. The van der Waals surface area contributed by atoms with Crippen LogP contribution in [0.1, 0.15) is 39.6 Å². The predicted molar refractivity (Wildman–Crippen MR) is 74.4 cm³/mol. The molecule has 1 fully saturated rings. The number of esters is 1. The van der Waals surface area contributed by atoms with Gasteiger partial charge in [-0.05, 0) is 30.0 Å². The maximum atomic E-state index is 12.0. The van der Waals surface area contributed by atoms with Crippen LogP contribution in [0.2, 0.25) is 0 Å². The fourth-order valence-electron chi connectivity index (χ4n) is 2.44. The highest BCUT2D eigenvalue weighted by Crippen LogP contribution is 2.35. The normalized spacial score (nSPS) is 24.0. The lowest BCUT2D eigenvalue weighted by Gasteiger charge is -2.16. The molecule has 1 saturated carbocycles. The van der Waals surface area contributed by atoms with E-state index in [1.54, 1.807) is 6.07 Å². The van der Waals surface area contributed by atoms with Gasteiger partial charge in [-0.25, -0.2) is 17.9 Å². The third-order valence-electron chi connectivity index (χ3n) is 3.87. The largest absolute Gasteiger partial charge is 0.462 e. The summed E-state index contributed by atoms with van der Waals surface area (Å²) in [4.78, 5) is 23.7. The van der Waals surface area contributed by atoms with Gasteiger partial charge in [-0.15, -0.1) is 0 Å². The molecule has 0 unspecified atom stereocenters. The molecule has 0 aromatic heterocycles. The molecule has 1 aliphatic heterocycles. The maximum Gasteiger partial charge on any atom is 0.338 e. The third kappa shape index (κ3) is 2.65. The van der Waals surface area contributed by atoms with Crippen LogP contribution in [0.3, 0.4) is 0 Å². The van der Waals surface area contributed by atoms with Crippen molar-refractivity contribution in [1.29, 1.82) is 0 Å². The molecule has 2 atom stereocenters. The van der Waals surface area contributed by atoms with Crippen molar-refractivity contribution in [2.45, 2.75) is 25.0 Å². The van der Waals surface area contributed by atoms with Gasteiger partial charge < -0.3 is 4.74 Å². The van der Waals surface area contributed by atoms with Gasteiger partial charge in [0.2, 0.25) is 10.0 Å². The van der Waals surface area contributed by atoms with Crippen molar-refractivity contribution < 1.29 is 22.7 Å². The molecule has 1 aromatic carbocycles. The summed E-state index contributed by atoms with van der Waals surface area (Å²) in [6.45, 7) is 2.15. The second kappa shape index (κ2) is 4.84. The number of nitrogens with one attached hydrogen (secondary N) is 1. The van der Waals surface area contributed by atoms with Crippen molar-refractivity contribution in [1.82, 2.24) is 4.72 Å². The number of carbonyl (C=O) groups excluding carboxylic acids is 2. The molecule has 1 amide bonds. The summed E-state index contributed by atoms with van der Waals surface area (Å²) >= 11 is 0. The van der Waals surface area contributed by atoms with Gasteiger partial charge in [0, 0.05) is 12.0 Å². The Labute approximate surface area is 122 Å². The molecule has 7 heteroatoms. The van der Waals surface area contributed by atoms with Crippen LogP contribution in [0.15, 0.2) is 18.2 Å². The van der Waals surface area contributed by atoms with Gasteiger partial charge in [0.15, 0.2) is 0 Å². The van der Waals surface area contributed by atoms with E-state index in [1.807, 2.05) is 6.92 Å². The molecule has 6 nitrogen and oxygen atoms in total. The van der Waals surface area contributed by atoms with Crippen molar-refractivity contribution in [2.24, 2.45) is 5.92 Å². The van der Waals surface area contributed by atoms with E-state index in [-0.39, 0.29) is 11.5 Å². The zero-order valence-corrected chi connectivity index (χ0v) is 12.3. The number of benzene rings is 1. The van der Waals surface area contributed by atoms with E-state index >= 15 is 0 Å². The Kier molecular flexibility index (Phi) is 3.24. The monoisotopic (exact) mass is 309 g/mol. The fourth-order valence-corrected chi connectivity index (χ4v) is 4.14. The number of hydrogen-bond acceptors (Lipinski definition) is 5. The van der Waals surface area contributed by atoms with Crippen LogP contribution in [0.25, 0.3) is 0 Å². The van der Waals surface area contributed by atoms with Crippen LogP contribution in [0, 0.1) is 5.92 Å². The fraction of sp³-hybridized carbons (Fsp3) is 0.429. The van der Waals surface area contributed by atoms with Gasteiger partial charge in [0.25, 0.3) is 5.91 Å². The average molecular weight is 309 g/mol. The summed E-state index contributed by atoms with van der Waals surface area (Å²) in [5.74, 6) is -1.12. The van der Waals surface area contributed by atoms with Gasteiger partial charge >= 0.3 is 5.97 Å². The van der Waals surface area contributed by atoms with Crippen molar-refractivity contribution in [2.75, 3.05) is 6.61 Å². The summed E-state index contributed by atoms with van der Waals surface area (Å²) in [5, 5.41) is -0.496. The van der Waals surface area contributed by atoms with E-state index in [2.05, 4.69) is 4.72 Å². The molecular weight excluding hydrogens is 294 g/mol. The first-order valence-electron chi connectivity index (χ1n) is 6.74. The van der Waals surface area contributed by atoms with Gasteiger partial charge in [-0.3, -0.25) is 4.79 Å². The van der Waals surface area contributed by atoms with Gasteiger partial charge in [-0.2, -0.15) is 0 Å². The van der Waals surface area contributed by atoms with Crippen molar-refractivity contribution in [3.05, 3.63) is 34.9 Å². The Balaban J connectivity index is 1.82. The van der Waals surface area contributed by atoms with E-state index in [1.165, 1.54) is 12.1 Å². The summed E-state index contributed by atoms with van der Waals surface area (Å²) in [5.41, 5.74) is 1.28. The number of hydrogen-bond donors (Lipinski definition) is 1. The Morgan fingerprint density at radius 3 is 2.76 bits per heavy atom. The summed E-state index contributed by atoms with van der Waals surface area (Å²) in [6, 6.07) is 4.58. The van der Waals surface area contributed by atoms with Crippen molar-refractivity contribution in [3.8, 4) is 0 Å². The second-order valence-electron chi connectivity index (χ2n) is 5.49. The number of sulfonamides is 1. The van der Waals surface area contributed by atoms with Crippen LogP contribution in [-0.2, 0) is 21.2 Å². The van der Waals surface area contributed by atoms with Crippen LogP contribution >= 0.6 is 0 Å². The standard InChI is InChI=1S/C14H15NO5S/c1-8-6-12(8)21(18,19)15-13(16)10-3-2-9-4-5-20-14(17)11(9)7-10/h2-3,7-8,12H,4-6H2,1H3,(H,15,16)/t8-,12-/m1/s1. The molecule has 2 aliphatic rings. The first kappa shape index (κ1) is 14.1. The predicted octanol–water partition coefficient (Wildman–Crippen LogP) is 0.867. The van der Waals surface area contributed by atoms with Gasteiger partial charge in [-0.1, -0.05) is 13.0 Å². The lowest BCUT2D eigenvalue weighted by Crippen LogP contribution is -2.34. The number of cyclic esters (lactones) is 1. The van der Waals surface area contributed by atoms with E-state index < -0.39 is 27.1 Å². The minimum absolute atomic E-state index is 0.0776. The highest BCUT2D eigenvalue weighted by molar-refractivity contribution is 7.91. The van der Waals surface area contributed by atoms with E-state index in [4.69, 9.17) is 4.74 Å². The minimum atomic E-state index is -3.63. The third-order valence-corrected chi connectivity index (χ3v) is 5.79. The molecule has 0 saturated heterocycles. The summed E-state index contributed by atoms with van der Waals surface area (Å²) in [6.07, 6.45) is 1.17. The number of amides is 1. The SMILES string of the molecule is C[C@@H]1C[C@H]1S(=O)(=O)NC(=O)c1ccc2c(c1)C(=O)OCC2. The molecular formula is C14H15NO5S. The maximum absolute atomic E-state index is 12.0. The summed E-state index contributed by atoms with van der Waals surface area (Å²) in [7, 11) is -3.63. The Morgan fingerprint density at radius 2 is 2.10 bits per heavy atom. The molecule has 21 heavy (non-hydrogen) atoms. The molecule has 0 bridgehead atoms. The molecule has 0 spiro atoms. The summed E-state index contributed by atoms with van der Waals surface area (Å²) < 4.78 is 30.8. The Morgan fingerprint density at radius 1 is 1.38 bits per heavy atom. The quantitative estimate of drug-likeness (QED) is 0.837. The second-order valence-corrected chi connectivity index (χ2v) is 7.39. The van der Waals surface area contributed by atoms with Crippen LogP contribution in [0.4, 0.5) is 0 Å². The topological polar surface area (TPSA) is 89.5 Å². The smallest absolute Gasteiger partial charge is 0.338 e. The average Bonchev–Trinajstić information content (AvgIpc) is 3.16. The zero-order valence-electron chi connectivity index (χ0n) is 11.5. The Hall–Kier alpha value is -1.89. The first-order chi connectivity index (χ1) is 9.88. The molecule has 1 N–H and O–H groups in total. The molecule has 3 rings (SSSR count). The van der Waals surface area contributed by atoms with Crippen molar-refractivity contribution in [3.63, 3.8) is 0 Å². The van der Waals surface area contributed by atoms with Crippen LogP contribution < -0.4 is 4.72 Å². The molecule has 1 heterocycles. The van der Waals surface area contributed by atoms with E-state index in [0.717, 1.165) is 5.56 Å². The van der Waals surface area contributed by atoms with E-state index in [9.17, 15) is 18.0 Å². The van der Waals surface area contributed by atoms with Gasteiger partial charge in [0.05, 0.1) is 17.4 Å². The number of ether oxygens (including phenoxy) is 1. The zero-order chi connectivity index (χ0) is 15.2. The van der Waals surface area contributed by atoms with E-state index in [0.29, 0.717) is 25.0 Å². The van der Waals surface area contributed by atoms with Gasteiger partial charge in [0.1, 0.15) is 0 Å². The van der Waals surface area contributed by atoms with Crippen LogP contribution in [0.5, 0.6) is 0 Å². The molecule has 1 aliphatic carbocycles. The highest BCUT2D eigenvalue weighted by atomic mass is 32.2. The number of fused-ring (bicyclic) bond motifs is 1. The minimum Gasteiger partial charge on any atom is -0.462 e. The lowest BCUT2D eigenvalue weighted by atomic mass is 10.00.